The van der Waals surface area contributed by atoms with Crippen molar-refractivity contribution in [2.75, 3.05) is 37.7 Å². The predicted molar refractivity (Wildman–Crippen MR) is 150 cm³/mol. The Morgan fingerprint density at radius 3 is 2.62 bits per heavy atom. The number of aliphatic hydroxyl groups excluding tert-OH is 1. The third-order valence-electron chi connectivity index (χ3n) is 7.64. The third kappa shape index (κ3) is 5.00. The number of nitrogens with one attached hydrogen (secondary N) is 2. The molecule has 0 radical (unpaired) electrons. The Kier molecular flexibility index (Phi) is 6.46. The van der Waals surface area contributed by atoms with Gasteiger partial charge in [0.15, 0.2) is 11.5 Å². The van der Waals surface area contributed by atoms with E-state index in [9.17, 15) is 14.7 Å². The fourth-order valence-electron chi connectivity index (χ4n) is 5.57. The highest BCUT2D eigenvalue weighted by atomic mass is 16.5. The summed E-state index contributed by atoms with van der Waals surface area (Å²) in [5, 5.41) is 18.5. The minimum atomic E-state index is -1.05. The number of hydrogen-bond donors (Lipinski definition) is 3. The first kappa shape index (κ1) is 25.9. The van der Waals surface area contributed by atoms with Gasteiger partial charge in [0.1, 0.15) is 11.9 Å². The minimum absolute atomic E-state index is 0.0750. The van der Waals surface area contributed by atoms with Crippen LogP contribution in [0.25, 0.3) is 5.65 Å². The lowest BCUT2D eigenvalue weighted by atomic mass is 9.90. The van der Waals surface area contributed by atoms with Gasteiger partial charge in [0.05, 0.1) is 24.9 Å². The first-order valence-corrected chi connectivity index (χ1v) is 13.4. The molecule has 40 heavy (non-hydrogen) atoms. The monoisotopic (exact) mass is 543 g/mol. The molecule has 2 atom stereocenters. The number of amides is 2. The number of H-pyrrole nitrogens is 1. The number of carbonyl (C=O) groups excluding carboxylic acids is 1. The number of carbonyl (C=O) groups is 1. The second kappa shape index (κ2) is 9.98. The van der Waals surface area contributed by atoms with Crippen molar-refractivity contribution >= 4 is 17.4 Å². The second-order valence-electron chi connectivity index (χ2n) is 11.1. The molecule has 3 N–H and O–H groups in total. The fraction of sp³-hybridized carbons (Fsp3) is 0.379. The molecule has 11 heteroatoms. The summed E-state index contributed by atoms with van der Waals surface area (Å²) in [7, 11) is 0. The van der Waals surface area contributed by atoms with Crippen LogP contribution in [0.2, 0.25) is 0 Å². The molecule has 0 bridgehead atoms. The summed E-state index contributed by atoms with van der Waals surface area (Å²) in [6.45, 7) is 8.11. The summed E-state index contributed by atoms with van der Waals surface area (Å²) in [4.78, 5) is 35.6. The first-order chi connectivity index (χ1) is 19.2. The van der Waals surface area contributed by atoms with E-state index in [4.69, 9.17) is 4.74 Å². The number of ether oxygens (including phenoxy) is 1. The number of pyridine rings is 2. The van der Waals surface area contributed by atoms with E-state index in [1.165, 1.54) is 5.56 Å². The van der Waals surface area contributed by atoms with E-state index in [0.29, 0.717) is 37.6 Å². The van der Waals surface area contributed by atoms with Gasteiger partial charge in [-0.2, -0.15) is 0 Å². The van der Waals surface area contributed by atoms with Gasteiger partial charge in [-0.15, -0.1) is 5.10 Å². The molecule has 11 nitrogen and oxygen atoms in total. The van der Waals surface area contributed by atoms with Crippen LogP contribution in [-0.4, -0.2) is 73.9 Å². The molecule has 1 spiro atoms. The van der Waals surface area contributed by atoms with Crippen LogP contribution in [-0.2, 0) is 0 Å². The lowest BCUT2D eigenvalue weighted by Gasteiger charge is -2.48. The number of aryl methyl sites for hydroxylation is 2. The Balaban J connectivity index is 1.09. The topological polar surface area (TPSA) is 128 Å². The summed E-state index contributed by atoms with van der Waals surface area (Å²) in [5.74, 6) is 1.15. The van der Waals surface area contributed by atoms with Gasteiger partial charge in [-0.1, -0.05) is 37.3 Å². The number of benzene rings is 1. The number of fused-ring (bicyclic) bond motifs is 1. The van der Waals surface area contributed by atoms with Crippen LogP contribution in [0.4, 0.5) is 10.5 Å². The largest absolute Gasteiger partial charge is 0.491 e. The van der Waals surface area contributed by atoms with Crippen molar-refractivity contribution in [3.05, 3.63) is 87.7 Å². The number of nitrogens with zero attached hydrogens (tertiary/aromatic N) is 5. The molecular formula is C29H33N7O4. The number of aliphatic hydroxyl groups is 1. The summed E-state index contributed by atoms with van der Waals surface area (Å²) >= 11 is 0. The Labute approximate surface area is 231 Å². The van der Waals surface area contributed by atoms with Gasteiger partial charge in [-0.3, -0.25) is 4.79 Å². The molecule has 1 unspecified atom stereocenters. The summed E-state index contributed by atoms with van der Waals surface area (Å²) < 4.78 is 7.68. The average molecular weight is 544 g/mol. The van der Waals surface area contributed by atoms with Crippen molar-refractivity contribution < 1.29 is 14.6 Å². The Morgan fingerprint density at radius 2 is 1.88 bits per heavy atom. The molecule has 2 amide bonds. The maximum absolute atomic E-state index is 12.8. The molecule has 5 heterocycles. The molecule has 4 aromatic rings. The van der Waals surface area contributed by atoms with Crippen LogP contribution >= 0.6 is 0 Å². The number of anilines is 1. The maximum atomic E-state index is 12.8. The molecule has 1 aromatic carbocycles. The van der Waals surface area contributed by atoms with Gasteiger partial charge in [0.2, 0.25) is 5.56 Å². The zero-order chi connectivity index (χ0) is 28.0. The predicted octanol–water partition coefficient (Wildman–Crippen LogP) is 2.53. The number of aromatic amines is 1. The zero-order valence-corrected chi connectivity index (χ0v) is 22.8. The number of aromatic nitrogens is 4. The van der Waals surface area contributed by atoms with Gasteiger partial charge in [-0.05, 0) is 37.1 Å². The number of hydrogen-bond acceptors (Lipinski definition) is 7. The summed E-state index contributed by atoms with van der Waals surface area (Å²) in [6.07, 6.45) is 0.717. The van der Waals surface area contributed by atoms with E-state index in [1.54, 1.807) is 21.7 Å². The van der Waals surface area contributed by atoms with Crippen LogP contribution < -0.4 is 20.5 Å². The second-order valence-corrected chi connectivity index (χ2v) is 11.1. The average Bonchev–Trinajstić information content (AvgIpc) is 3.48. The van der Waals surface area contributed by atoms with Crippen molar-refractivity contribution in [3.63, 3.8) is 0 Å². The smallest absolute Gasteiger partial charge is 0.318 e. The Morgan fingerprint density at radius 1 is 1.10 bits per heavy atom. The Hall–Kier alpha value is -4.38. The van der Waals surface area contributed by atoms with Crippen LogP contribution in [0.3, 0.4) is 0 Å². The molecule has 2 fully saturated rings. The quantitative estimate of drug-likeness (QED) is 0.312. The molecule has 0 saturated carbocycles. The van der Waals surface area contributed by atoms with Gasteiger partial charge in [0, 0.05) is 43.0 Å². The zero-order valence-electron chi connectivity index (χ0n) is 22.8. The van der Waals surface area contributed by atoms with Gasteiger partial charge < -0.3 is 29.9 Å². The summed E-state index contributed by atoms with van der Waals surface area (Å²) in [6, 6.07) is 15.4. The highest BCUT2D eigenvalue weighted by molar-refractivity contribution is 5.79. The third-order valence-corrected chi connectivity index (χ3v) is 7.64. The van der Waals surface area contributed by atoms with E-state index >= 15 is 0 Å². The lowest BCUT2D eigenvalue weighted by molar-refractivity contribution is 0.120. The molecule has 3 aromatic heterocycles. The molecular weight excluding hydrogens is 510 g/mol. The maximum Gasteiger partial charge on any atom is 0.318 e. The van der Waals surface area contributed by atoms with Gasteiger partial charge in [-0.25, -0.2) is 14.3 Å². The van der Waals surface area contributed by atoms with E-state index in [2.05, 4.69) is 44.3 Å². The van der Waals surface area contributed by atoms with E-state index < -0.39 is 11.6 Å². The normalized spacial score (nSPS) is 17.6. The van der Waals surface area contributed by atoms with Crippen molar-refractivity contribution in [2.24, 2.45) is 0 Å². The summed E-state index contributed by atoms with van der Waals surface area (Å²) in [5.41, 5.74) is 3.77. The van der Waals surface area contributed by atoms with Crippen LogP contribution in [0, 0.1) is 13.8 Å². The Bertz CT molecular complexity index is 1610. The highest BCUT2D eigenvalue weighted by Gasteiger charge is 2.51. The van der Waals surface area contributed by atoms with Crippen molar-refractivity contribution in [1.82, 2.24) is 29.8 Å². The lowest BCUT2D eigenvalue weighted by Crippen LogP contribution is -2.69. The first-order valence-electron chi connectivity index (χ1n) is 13.4. The minimum Gasteiger partial charge on any atom is -0.491 e. The molecule has 6 rings (SSSR count). The van der Waals surface area contributed by atoms with Gasteiger partial charge in [0.25, 0.3) is 0 Å². The van der Waals surface area contributed by atoms with Crippen LogP contribution in [0.5, 0.6) is 5.75 Å². The molecule has 208 valence electrons. The highest BCUT2D eigenvalue weighted by Crippen LogP contribution is 2.32. The van der Waals surface area contributed by atoms with Gasteiger partial charge >= 0.3 is 6.03 Å². The van der Waals surface area contributed by atoms with E-state index in [1.807, 2.05) is 44.2 Å². The fourth-order valence-corrected chi connectivity index (χ4v) is 5.57. The number of rotatable bonds is 8. The molecule has 2 aliphatic heterocycles. The molecule has 0 aliphatic carbocycles. The molecule has 2 aliphatic rings. The standard InChI is InChI=1S/C29H33N7O4/c1-18-9-23(40-14-19(2)21-7-5-4-6-8-21)12-36-27(18)31-26(33-36)24(37)13-34-15-29(32-28(34)39)16-35(17-29)22-10-20(3)30-25(38)11-22/h4-12,19,24,37H,13-17H2,1-3H3,(H,30,38)(H,32,39)/t19-,24?/m0/s1. The van der Waals surface area contributed by atoms with Crippen LogP contribution in [0.15, 0.2) is 59.5 Å². The molecule has 2 saturated heterocycles. The van der Waals surface area contributed by atoms with E-state index in [0.717, 1.165) is 16.9 Å². The van der Waals surface area contributed by atoms with Crippen molar-refractivity contribution in [2.45, 2.75) is 38.3 Å². The number of β-amino-alcohol motifs (C(OH)–C–C–N with tert-alkyl or cyclic N) is 1. The van der Waals surface area contributed by atoms with Crippen molar-refractivity contribution in [3.8, 4) is 5.75 Å². The van der Waals surface area contributed by atoms with E-state index in [-0.39, 0.29) is 29.9 Å². The van der Waals surface area contributed by atoms with Crippen molar-refractivity contribution in [1.29, 1.82) is 0 Å². The van der Waals surface area contributed by atoms with Crippen LogP contribution in [0.1, 0.15) is 41.6 Å². The number of urea groups is 1. The SMILES string of the molecule is Cc1cc(N2CC3(CN(CC(O)c4nc5c(C)cc(OC[C@H](C)c6ccccc6)cn5n4)C(=O)N3)C2)cc(=O)[nH]1.